The quantitative estimate of drug-likeness (QED) is 0.614. The Morgan fingerprint density at radius 2 is 1.79 bits per heavy atom. The largest absolute Gasteiger partial charge is 0.340 e. The topological polar surface area (TPSA) is 97.4 Å². The van der Waals surface area contributed by atoms with E-state index in [1.807, 2.05) is 38.1 Å². The van der Waals surface area contributed by atoms with Crippen LogP contribution in [-0.2, 0) is 0 Å². The van der Waals surface area contributed by atoms with Gasteiger partial charge in [0, 0.05) is 23.6 Å². The van der Waals surface area contributed by atoms with Gasteiger partial charge in [-0.25, -0.2) is 4.98 Å². The third-order valence-electron chi connectivity index (χ3n) is 3.81. The van der Waals surface area contributed by atoms with Crippen LogP contribution in [0.1, 0.15) is 27.7 Å². The van der Waals surface area contributed by atoms with Gasteiger partial charge in [-0.1, -0.05) is 0 Å². The average Bonchev–Trinajstić information content (AvgIpc) is 2.72. The predicted octanol–water partition coefficient (Wildman–Crippen LogP) is 4.99. The van der Waals surface area contributed by atoms with Crippen LogP contribution in [0.4, 0.5) is 23.1 Å². The van der Waals surface area contributed by atoms with Crippen molar-refractivity contribution >= 4 is 29.2 Å². The van der Waals surface area contributed by atoms with Crippen molar-refractivity contribution in [3.05, 3.63) is 76.9 Å². The first-order chi connectivity index (χ1) is 15.2. The maximum atomic E-state index is 9.02. The highest BCUT2D eigenvalue weighted by Crippen LogP contribution is 2.26. The number of hydrogen-bond donors (Lipinski definition) is 2. The molecule has 6 nitrogen and oxygen atoms in total. The van der Waals surface area contributed by atoms with Crippen LogP contribution in [0.25, 0.3) is 6.08 Å². The van der Waals surface area contributed by atoms with E-state index in [2.05, 4.69) is 20.6 Å². The molecule has 3 aromatic rings. The van der Waals surface area contributed by atoms with Crippen molar-refractivity contribution in [3.63, 3.8) is 0 Å². The number of allylic oxidation sites excluding steroid dienone is 1. The number of anilines is 4. The first kappa shape index (κ1) is 14.0. The van der Waals surface area contributed by atoms with Crippen LogP contribution in [0.5, 0.6) is 0 Å². The summed E-state index contributed by atoms with van der Waals surface area (Å²) in [5, 5.41) is 23.7. The van der Waals surface area contributed by atoms with Gasteiger partial charge < -0.3 is 10.6 Å². The van der Waals surface area contributed by atoms with Gasteiger partial charge >= 0.3 is 0 Å². The summed E-state index contributed by atoms with van der Waals surface area (Å²) in [4.78, 5) is 8.25. The number of nitriles is 2. The van der Waals surface area contributed by atoms with E-state index in [9.17, 15) is 0 Å². The van der Waals surface area contributed by atoms with E-state index < -0.39 is 0 Å². The zero-order valence-electron chi connectivity index (χ0n) is 19.3. The number of hydrogen-bond acceptors (Lipinski definition) is 6. The highest BCUT2D eigenvalue weighted by Gasteiger charge is 2.07. The van der Waals surface area contributed by atoms with Crippen LogP contribution in [0.15, 0.2) is 54.6 Å². The van der Waals surface area contributed by atoms with Gasteiger partial charge in [-0.05, 0) is 79.0 Å². The second-order valence-corrected chi connectivity index (χ2v) is 5.89. The Morgan fingerprint density at radius 1 is 1.07 bits per heavy atom. The van der Waals surface area contributed by atoms with Crippen LogP contribution in [-0.4, -0.2) is 9.97 Å². The first-order valence-corrected chi connectivity index (χ1v) is 8.31. The lowest BCUT2D eigenvalue weighted by Crippen LogP contribution is -2.02. The van der Waals surface area contributed by atoms with Gasteiger partial charge in [0.2, 0.25) is 5.95 Å². The van der Waals surface area contributed by atoms with Crippen molar-refractivity contribution in [1.82, 2.24) is 9.97 Å². The van der Waals surface area contributed by atoms with Crippen molar-refractivity contribution in [2.45, 2.75) is 13.8 Å². The Kier molecular flexibility index (Phi) is 4.23. The molecule has 0 radical (unpaired) electrons. The van der Waals surface area contributed by atoms with Crippen molar-refractivity contribution in [2.24, 2.45) is 0 Å². The molecule has 0 spiro atoms. The van der Waals surface area contributed by atoms with Crippen molar-refractivity contribution in [1.29, 1.82) is 10.5 Å². The van der Waals surface area contributed by atoms with Crippen LogP contribution in [0.3, 0.4) is 0 Å². The van der Waals surface area contributed by atoms with Gasteiger partial charge in [0.05, 0.1) is 23.2 Å². The lowest BCUT2D eigenvalue weighted by molar-refractivity contribution is 1.16. The molecule has 0 amide bonds. The van der Waals surface area contributed by atoms with Crippen LogP contribution in [0, 0.1) is 36.5 Å². The number of aromatic nitrogens is 2. The summed E-state index contributed by atoms with van der Waals surface area (Å²) in [7, 11) is 0. The van der Waals surface area contributed by atoms with Gasteiger partial charge in [-0.15, -0.1) is 0 Å². The number of aryl methyl sites for hydroxylation is 2. The monoisotopic (exact) mass is 370 g/mol. The average molecular weight is 370 g/mol. The highest BCUT2D eigenvalue weighted by atomic mass is 15.1. The smallest absolute Gasteiger partial charge is 0.229 e. The Bertz CT molecular complexity index is 1280. The lowest BCUT2D eigenvalue weighted by atomic mass is 10.0. The van der Waals surface area contributed by atoms with Crippen molar-refractivity contribution in [3.8, 4) is 12.1 Å². The molecular formula is C22H18N6. The molecule has 0 unspecified atom stereocenters. The van der Waals surface area contributed by atoms with Crippen LogP contribution < -0.4 is 10.6 Å². The van der Waals surface area contributed by atoms with Gasteiger partial charge in [-0.2, -0.15) is 15.5 Å². The minimum absolute atomic E-state index is 0.0147. The number of rotatable bonds is 5. The molecule has 0 aliphatic heterocycles. The minimum Gasteiger partial charge on any atom is -0.340 e. The van der Waals surface area contributed by atoms with Crippen molar-refractivity contribution in [2.75, 3.05) is 10.6 Å². The van der Waals surface area contributed by atoms with Gasteiger partial charge in [0.15, 0.2) is 0 Å². The van der Waals surface area contributed by atoms with E-state index in [-0.39, 0.29) is 41.6 Å². The van der Waals surface area contributed by atoms with Gasteiger partial charge in [0.1, 0.15) is 5.82 Å². The first-order valence-electron chi connectivity index (χ1n) is 10.3. The molecule has 2 N–H and O–H groups in total. The standard InChI is InChI=1S/C22H18N6/c1-15-12-18(4-3-10-23)13-16(2)21(15)27-20-9-11-25-22(28-20)26-19-7-5-17(14-24)6-8-19/h3-9,11-13H,1-2H3,(H2,25,26,27,28)/b4-3+/i5D,6D,9D,11D. The fourth-order valence-electron chi connectivity index (χ4n) is 2.60. The summed E-state index contributed by atoms with van der Waals surface area (Å²) in [6, 6.07) is 9.87. The van der Waals surface area contributed by atoms with E-state index in [1.54, 1.807) is 6.08 Å². The van der Waals surface area contributed by atoms with E-state index >= 15 is 0 Å². The Labute approximate surface area is 169 Å². The third-order valence-corrected chi connectivity index (χ3v) is 3.81. The molecule has 6 heteroatoms. The number of nitrogens with zero attached hydrogens (tertiary/aromatic N) is 4. The molecule has 0 aliphatic rings. The van der Waals surface area contributed by atoms with Gasteiger partial charge in [0.25, 0.3) is 0 Å². The zero-order chi connectivity index (χ0) is 23.4. The van der Waals surface area contributed by atoms with E-state index in [4.69, 9.17) is 16.0 Å². The maximum absolute atomic E-state index is 9.02. The van der Waals surface area contributed by atoms with Crippen LogP contribution >= 0.6 is 0 Å². The third kappa shape index (κ3) is 4.51. The summed E-state index contributed by atoms with van der Waals surface area (Å²) in [5.74, 6) is 0.130. The van der Waals surface area contributed by atoms with E-state index in [0.29, 0.717) is 5.69 Å². The summed E-state index contributed by atoms with van der Waals surface area (Å²) >= 11 is 0. The molecule has 1 heterocycles. The second-order valence-electron chi connectivity index (χ2n) is 5.89. The van der Waals surface area contributed by atoms with Gasteiger partial charge in [-0.3, -0.25) is 0 Å². The SMILES string of the molecule is [2H]c1cc(Nc2nc([2H])c([2H])c(Nc3c(C)cc(/C=C/C#N)cc3C)n2)cc([2H])c1C#N. The summed E-state index contributed by atoms with van der Waals surface area (Å²) in [6.45, 7) is 3.76. The normalized spacial score (nSPS) is 12.3. The molecule has 0 aliphatic carbocycles. The fourth-order valence-corrected chi connectivity index (χ4v) is 2.60. The summed E-state index contributed by atoms with van der Waals surface area (Å²) in [5.41, 5.74) is 3.60. The number of nitrogens with one attached hydrogen (secondary N) is 2. The van der Waals surface area contributed by atoms with E-state index in [0.717, 1.165) is 22.4 Å². The fraction of sp³-hybridized carbons (Fsp3) is 0.0909. The summed E-state index contributed by atoms with van der Waals surface area (Å²) < 4.78 is 31.9. The maximum Gasteiger partial charge on any atom is 0.229 e. The molecule has 0 bridgehead atoms. The molecule has 0 fully saturated rings. The lowest BCUT2D eigenvalue weighted by Gasteiger charge is -2.14. The molecule has 136 valence electrons. The molecule has 2 aromatic carbocycles. The summed E-state index contributed by atoms with van der Waals surface area (Å²) in [6.07, 6.45) is 2.79. The Morgan fingerprint density at radius 3 is 2.43 bits per heavy atom. The molecule has 0 atom stereocenters. The Balaban J connectivity index is 1.96. The molecular weight excluding hydrogens is 348 g/mol. The Hall–Kier alpha value is -4.16. The second kappa shape index (κ2) is 8.48. The van der Waals surface area contributed by atoms with Crippen molar-refractivity contribution < 1.29 is 5.48 Å². The molecule has 3 rings (SSSR count). The zero-order valence-corrected chi connectivity index (χ0v) is 15.3. The number of benzene rings is 2. The molecule has 0 saturated heterocycles. The minimum atomic E-state index is -0.306. The highest BCUT2D eigenvalue weighted by molar-refractivity contribution is 5.69. The predicted molar refractivity (Wildman–Crippen MR) is 110 cm³/mol. The van der Waals surface area contributed by atoms with Crippen LogP contribution in [0.2, 0.25) is 0 Å². The molecule has 28 heavy (non-hydrogen) atoms. The van der Waals surface area contributed by atoms with E-state index in [1.165, 1.54) is 18.2 Å². The molecule has 0 saturated carbocycles. The molecule has 1 aromatic heterocycles.